The number of rotatable bonds is 7. The number of alkyl halides is 3. The van der Waals surface area contributed by atoms with Crippen molar-refractivity contribution in [3.05, 3.63) is 29.8 Å². The van der Waals surface area contributed by atoms with Crippen LogP contribution in [0.3, 0.4) is 0 Å². The Hall–Kier alpha value is -2.14. The van der Waals surface area contributed by atoms with Gasteiger partial charge in [0.15, 0.2) is 0 Å². The minimum atomic E-state index is -5.78. The maximum Gasteiger partial charge on any atom is 0.534 e. The number of methoxy groups -OCH3 is 1. The van der Waals surface area contributed by atoms with Gasteiger partial charge in [-0.15, -0.1) is 0 Å². The lowest BCUT2D eigenvalue weighted by atomic mass is 10.1. The van der Waals surface area contributed by atoms with Crippen molar-refractivity contribution in [3.8, 4) is 5.75 Å². The maximum absolute atomic E-state index is 12.0. The van der Waals surface area contributed by atoms with Gasteiger partial charge in [0.25, 0.3) is 5.78 Å². The summed E-state index contributed by atoms with van der Waals surface area (Å²) in [6.07, 6.45) is 0. The zero-order valence-electron chi connectivity index (χ0n) is 15.4. The fraction of sp³-hybridized carbons (Fsp3) is 0.500. The predicted octanol–water partition coefficient (Wildman–Crippen LogP) is 2.62. The third-order valence-electron chi connectivity index (χ3n) is 3.32. The molecule has 0 radical (unpaired) electrons. The van der Waals surface area contributed by atoms with Crippen molar-refractivity contribution in [1.82, 2.24) is 4.90 Å². The molecule has 0 amide bonds. The molecule has 0 aliphatic heterocycles. The van der Waals surface area contributed by atoms with Gasteiger partial charge in [-0.2, -0.15) is 21.6 Å². The summed E-state index contributed by atoms with van der Waals surface area (Å²) in [6, 6.07) is 3.47. The van der Waals surface area contributed by atoms with Gasteiger partial charge in [0.1, 0.15) is 5.75 Å². The highest BCUT2D eigenvalue weighted by molar-refractivity contribution is 7.88. The highest BCUT2D eigenvalue weighted by Gasteiger charge is 2.48. The minimum Gasteiger partial charge on any atom is -0.463 e. The summed E-state index contributed by atoms with van der Waals surface area (Å²) < 4.78 is 65.5. The number of hydrogen-bond acceptors (Lipinski definition) is 7. The summed E-state index contributed by atoms with van der Waals surface area (Å²) in [7, 11) is -4.80. The lowest BCUT2D eigenvalue weighted by Crippen LogP contribution is -2.28. The van der Waals surface area contributed by atoms with Crippen molar-refractivity contribution < 1.29 is 40.1 Å². The van der Waals surface area contributed by atoms with Gasteiger partial charge in [-0.1, -0.05) is 20.8 Å². The molecule has 0 N–H and O–H groups in total. The molecule has 11 heteroatoms. The third-order valence-corrected chi connectivity index (χ3v) is 4.30. The van der Waals surface area contributed by atoms with E-state index in [-0.39, 0.29) is 5.56 Å². The van der Waals surface area contributed by atoms with Crippen LogP contribution in [0.25, 0.3) is 0 Å². The van der Waals surface area contributed by atoms with E-state index in [1.807, 2.05) is 0 Å². The van der Waals surface area contributed by atoms with Crippen LogP contribution in [0.1, 0.15) is 31.1 Å². The number of halogens is 3. The van der Waals surface area contributed by atoms with Crippen molar-refractivity contribution >= 4 is 21.9 Å². The Balaban J connectivity index is 0.000000821. The fourth-order valence-corrected chi connectivity index (χ4v) is 2.18. The van der Waals surface area contributed by atoms with E-state index in [4.69, 9.17) is 0 Å². The number of esters is 1. The second-order valence-corrected chi connectivity index (χ2v) is 6.49. The quantitative estimate of drug-likeness (QED) is 0.223. The van der Waals surface area contributed by atoms with Crippen molar-refractivity contribution in [2.24, 2.45) is 0 Å². The van der Waals surface area contributed by atoms with Gasteiger partial charge < -0.3 is 13.8 Å². The Kier molecular flexibility index (Phi) is 10.0. The highest BCUT2D eigenvalue weighted by Crippen LogP contribution is 2.27. The topological polar surface area (TPSA) is 90.0 Å². The van der Waals surface area contributed by atoms with E-state index in [0.29, 0.717) is 0 Å². The van der Waals surface area contributed by atoms with Crippen LogP contribution in [0.2, 0.25) is 0 Å². The van der Waals surface area contributed by atoms with Crippen molar-refractivity contribution in [1.29, 1.82) is 0 Å². The predicted molar refractivity (Wildman–Crippen MR) is 91.9 cm³/mol. The van der Waals surface area contributed by atoms with Crippen molar-refractivity contribution in [2.75, 3.05) is 26.7 Å². The molecular formula is C16H22F3NO6S. The van der Waals surface area contributed by atoms with Crippen molar-refractivity contribution in [3.63, 3.8) is 0 Å². The van der Waals surface area contributed by atoms with Gasteiger partial charge in [-0.25, -0.2) is 4.79 Å². The Labute approximate surface area is 156 Å². The van der Waals surface area contributed by atoms with Crippen molar-refractivity contribution in [2.45, 2.75) is 26.3 Å². The molecule has 0 aliphatic rings. The molecule has 0 atom stereocenters. The Morgan fingerprint density at radius 3 is 1.74 bits per heavy atom. The molecule has 0 aliphatic carbocycles. The largest absolute Gasteiger partial charge is 0.534 e. The standard InChI is InChI=1S/C10H7F3O6S.C6H15N/c1-18-9(15)8(14)6-2-4-7(5-3-6)19-20(16,17)10(11,12)13;1-4-7(5-2)6-3/h2-5H,1H3;4-6H2,1-3H3. The molecule has 0 bridgehead atoms. The summed E-state index contributed by atoms with van der Waals surface area (Å²) in [5.41, 5.74) is -5.75. The van der Waals surface area contributed by atoms with Gasteiger partial charge in [0.2, 0.25) is 0 Å². The van der Waals surface area contributed by atoms with Gasteiger partial charge in [-0.05, 0) is 43.9 Å². The molecular weight excluding hydrogens is 391 g/mol. The number of benzene rings is 1. The average Bonchev–Trinajstić information content (AvgIpc) is 2.62. The number of ether oxygens (including phenoxy) is 1. The molecule has 0 heterocycles. The monoisotopic (exact) mass is 413 g/mol. The Bertz CT molecular complexity index is 707. The van der Waals surface area contributed by atoms with E-state index in [2.05, 4.69) is 34.6 Å². The highest BCUT2D eigenvalue weighted by atomic mass is 32.2. The summed E-state index contributed by atoms with van der Waals surface area (Å²) in [4.78, 5) is 24.6. The zero-order chi connectivity index (χ0) is 21.3. The second kappa shape index (κ2) is 10.9. The zero-order valence-corrected chi connectivity index (χ0v) is 16.2. The number of carbonyl (C=O) groups excluding carboxylic acids is 2. The van der Waals surface area contributed by atoms with E-state index in [0.717, 1.165) is 31.4 Å². The Morgan fingerprint density at radius 2 is 1.44 bits per heavy atom. The van der Waals surface area contributed by atoms with Gasteiger partial charge in [-0.3, -0.25) is 4.79 Å². The summed E-state index contributed by atoms with van der Waals surface area (Å²) >= 11 is 0. The van der Waals surface area contributed by atoms with Crippen LogP contribution in [0, 0.1) is 0 Å². The molecule has 1 aromatic carbocycles. The van der Waals surface area contributed by atoms with Gasteiger partial charge in [0, 0.05) is 5.56 Å². The lowest BCUT2D eigenvalue weighted by molar-refractivity contribution is -0.135. The first kappa shape index (κ1) is 24.9. The van der Waals surface area contributed by atoms with Gasteiger partial charge in [0.05, 0.1) is 7.11 Å². The number of hydrogen-bond donors (Lipinski definition) is 0. The van der Waals surface area contributed by atoms with E-state index >= 15 is 0 Å². The van der Waals surface area contributed by atoms with Crippen LogP contribution < -0.4 is 4.18 Å². The van der Waals surface area contributed by atoms with Crippen LogP contribution in [-0.2, 0) is 19.6 Å². The SMILES string of the molecule is CCN(CC)CC.COC(=O)C(=O)c1ccc(OS(=O)(=O)C(F)(F)F)cc1. The summed E-state index contributed by atoms with van der Waals surface area (Å²) in [5, 5.41) is 0. The number of carbonyl (C=O) groups is 2. The number of Topliss-reactive ketones (excluding diaryl/α,β-unsaturated/α-hetero) is 1. The third kappa shape index (κ3) is 7.95. The van der Waals surface area contributed by atoms with E-state index < -0.39 is 33.1 Å². The smallest absolute Gasteiger partial charge is 0.463 e. The molecule has 0 aromatic heterocycles. The lowest BCUT2D eigenvalue weighted by Gasteiger charge is -2.13. The van der Waals surface area contributed by atoms with E-state index in [1.54, 1.807) is 0 Å². The van der Waals surface area contributed by atoms with Crippen LogP contribution >= 0.6 is 0 Å². The van der Waals surface area contributed by atoms with Crippen LogP contribution in [0.5, 0.6) is 5.75 Å². The summed E-state index contributed by atoms with van der Waals surface area (Å²) in [5.74, 6) is -2.84. The molecule has 0 fully saturated rings. The number of ketones is 1. The second-order valence-electron chi connectivity index (χ2n) is 4.95. The normalized spacial score (nSPS) is 11.4. The van der Waals surface area contributed by atoms with Crippen LogP contribution in [-0.4, -0.2) is 57.3 Å². The first-order valence-electron chi connectivity index (χ1n) is 7.89. The first-order chi connectivity index (χ1) is 12.4. The average molecular weight is 413 g/mol. The maximum atomic E-state index is 12.0. The Morgan fingerprint density at radius 1 is 1.00 bits per heavy atom. The molecule has 0 saturated carbocycles. The fourth-order valence-electron chi connectivity index (χ4n) is 1.72. The van der Waals surface area contributed by atoms with Gasteiger partial charge >= 0.3 is 21.6 Å². The molecule has 1 rings (SSSR count). The molecule has 154 valence electrons. The van der Waals surface area contributed by atoms with Crippen LogP contribution in [0.15, 0.2) is 24.3 Å². The molecule has 27 heavy (non-hydrogen) atoms. The molecule has 1 aromatic rings. The molecule has 0 unspecified atom stereocenters. The molecule has 0 spiro atoms. The molecule has 0 saturated heterocycles. The van der Waals surface area contributed by atoms with E-state index in [9.17, 15) is 31.2 Å². The summed E-state index contributed by atoms with van der Waals surface area (Å²) in [6.45, 7) is 10.1. The number of nitrogens with zero attached hydrogens (tertiary/aromatic N) is 1. The van der Waals surface area contributed by atoms with Crippen LogP contribution in [0.4, 0.5) is 13.2 Å². The van der Waals surface area contributed by atoms with E-state index in [1.165, 1.54) is 19.6 Å². The minimum absolute atomic E-state index is 0.186. The first-order valence-corrected chi connectivity index (χ1v) is 9.30. The molecule has 7 nitrogen and oxygen atoms in total.